The second-order valence-corrected chi connectivity index (χ2v) is 6.68. The van der Waals surface area contributed by atoms with Crippen molar-refractivity contribution in [3.05, 3.63) is 24.0 Å². The smallest absolute Gasteiger partial charge is 0.188 e. The molecule has 0 aliphatic heterocycles. The van der Waals surface area contributed by atoms with Crippen molar-refractivity contribution in [2.75, 3.05) is 12.8 Å². The number of pyridine rings is 1. The topological polar surface area (TPSA) is 97.4 Å². The Morgan fingerprint density at radius 3 is 2.79 bits per heavy atom. The fraction of sp³-hybridized carbons (Fsp3) is 0.500. The maximum Gasteiger partial charge on any atom is 0.188 e. The van der Waals surface area contributed by atoms with E-state index in [9.17, 15) is 8.42 Å². The third kappa shape index (κ3) is 5.25. The van der Waals surface area contributed by atoms with Crippen LogP contribution in [0, 0.1) is 5.92 Å². The molecule has 0 saturated heterocycles. The van der Waals surface area contributed by atoms with Gasteiger partial charge in [-0.05, 0) is 18.1 Å². The Kier molecular flexibility index (Phi) is 5.29. The Bertz CT molecular complexity index is 553. The number of guanidine groups is 1. The van der Waals surface area contributed by atoms with Gasteiger partial charge in [0.1, 0.15) is 0 Å². The summed E-state index contributed by atoms with van der Waals surface area (Å²) in [7, 11) is -3.30. The number of hydrogen-bond donors (Lipinski definition) is 2. The highest BCUT2D eigenvalue weighted by molar-refractivity contribution is 7.90. The van der Waals surface area contributed by atoms with E-state index in [1.54, 1.807) is 6.07 Å². The first-order valence-electron chi connectivity index (χ1n) is 5.98. The molecule has 1 aromatic heterocycles. The fourth-order valence-corrected chi connectivity index (χ4v) is 2.28. The number of hydrogen-bond acceptors (Lipinski definition) is 4. The van der Waals surface area contributed by atoms with Crippen molar-refractivity contribution >= 4 is 15.8 Å². The monoisotopic (exact) mass is 284 g/mol. The lowest BCUT2D eigenvalue weighted by atomic mass is 10.2. The van der Waals surface area contributed by atoms with Crippen LogP contribution >= 0.6 is 0 Å². The Balaban J connectivity index is 2.81. The summed E-state index contributed by atoms with van der Waals surface area (Å²) in [6.07, 6.45) is 2.69. The largest absolute Gasteiger partial charge is 0.370 e. The fourth-order valence-electron chi connectivity index (χ4n) is 1.40. The molecule has 0 aliphatic rings. The average Bonchev–Trinajstić information content (AvgIpc) is 2.33. The molecule has 0 radical (unpaired) electrons. The van der Waals surface area contributed by atoms with Gasteiger partial charge in [0.05, 0.1) is 17.1 Å². The van der Waals surface area contributed by atoms with Crippen LogP contribution in [0.5, 0.6) is 0 Å². The number of nitrogens with zero attached hydrogens (tertiary/aromatic N) is 2. The average molecular weight is 284 g/mol. The summed E-state index contributed by atoms with van der Waals surface area (Å²) in [5.41, 5.74) is 6.09. The molecule has 19 heavy (non-hydrogen) atoms. The molecule has 0 fully saturated rings. The molecule has 1 heterocycles. The van der Waals surface area contributed by atoms with Gasteiger partial charge < -0.3 is 11.1 Å². The van der Waals surface area contributed by atoms with E-state index >= 15 is 0 Å². The Morgan fingerprint density at radius 2 is 2.21 bits per heavy atom. The minimum Gasteiger partial charge on any atom is -0.370 e. The highest BCUT2D eigenvalue weighted by Crippen LogP contribution is 2.13. The van der Waals surface area contributed by atoms with Crippen LogP contribution in [-0.2, 0) is 16.4 Å². The highest BCUT2D eigenvalue weighted by Gasteiger charge is 2.13. The van der Waals surface area contributed by atoms with Crippen molar-refractivity contribution in [1.82, 2.24) is 10.3 Å². The molecule has 6 nitrogen and oxygen atoms in total. The number of sulfone groups is 1. The summed E-state index contributed by atoms with van der Waals surface area (Å²) in [5.74, 6) is 0.744. The van der Waals surface area contributed by atoms with Crippen LogP contribution < -0.4 is 11.1 Å². The van der Waals surface area contributed by atoms with Gasteiger partial charge in [0.15, 0.2) is 15.8 Å². The molecule has 1 aromatic rings. The third-order valence-electron chi connectivity index (χ3n) is 2.34. The van der Waals surface area contributed by atoms with E-state index in [0.29, 0.717) is 17.6 Å². The molecular weight excluding hydrogens is 264 g/mol. The summed E-state index contributed by atoms with van der Waals surface area (Å²) < 4.78 is 23.2. The zero-order chi connectivity index (χ0) is 14.5. The lowest BCUT2D eigenvalue weighted by molar-refractivity contribution is 0.599. The van der Waals surface area contributed by atoms with Crippen molar-refractivity contribution in [2.24, 2.45) is 16.6 Å². The summed E-state index contributed by atoms with van der Waals surface area (Å²) >= 11 is 0. The van der Waals surface area contributed by atoms with E-state index in [0.717, 1.165) is 12.8 Å². The van der Waals surface area contributed by atoms with E-state index in [4.69, 9.17) is 5.73 Å². The lowest BCUT2D eigenvalue weighted by Crippen LogP contribution is -2.34. The van der Waals surface area contributed by atoms with Gasteiger partial charge in [-0.2, -0.15) is 0 Å². The van der Waals surface area contributed by atoms with Crippen LogP contribution in [0.1, 0.15) is 19.5 Å². The van der Waals surface area contributed by atoms with E-state index in [2.05, 4.69) is 29.1 Å². The van der Waals surface area contributed by atoms with Crippen molar-refractivity contribution in [3.8, 4) is 0 Å². The summed E-state index contributed by atoms with van der Waals surface area (Å²) in [4.78, 5) is 8.33. The van der Waals surface area contributed by atoms with Crippen LogP contribution in [0.3, 0.4) is 0 Å². The van der Waals surface area contributed by atoms with Crippen LogP contribution in [0.25, 0.3) is 0 Å². The van der Waals surface area contributed by atoms with Crippen LogP contribution in [-0.4, -0.2) is 32.2 Å². The molecule has 0 amide bonds. The lowest BCUT2D eigenvalue weighted by Gasteiger charge is -2.08. The molecular formula is C12H20N4O2S. The molecule has 0 saturated carbocycles. The summed E-state index contributed by atoms with van der Waals surface area (Å²) in [6, 6.07) is 3.11. The van der Waals surface area contributed by atoms with E-state index in [1.807, 2.05) is 0 Å². The molecule has 7 heteroatoms. The van der Waals surface area contributed by atoms with Crippen molar-refractivity contribution in [1.29, 1.82) is 0 Å². The minimum absolute atomic E-state index is 0.139. The van der Waals surface area contributed by atoms with Crippen LogP contribution in [0.2, 0.25) is 0 Å². The summed E-state index contributed by atoms with van der Waals surface area (Å²) in [5, 5.41) is 2.96. The molecule has 0 bridgehead atoms. The minimum atomic E-state index is -3.30. The normalized spacial score (nSPS) is 12.7. The third-order valence-corrected chi connectivity index (χ3v) is 3.51. The van der Waals surface area contributed by atoms with E-state index in [1.165, 1.54) is 12.3 Å². The molecule has 0 unspecified atom stereocenters. The first kappa shape index (κ1) is 15.4. The second-order valence-electron chi connectivity index (χ2n) is 4.70. The zero-order valence-corrected chi connectivity index (χ0v) is 12.2. The first-order chi connectivity index (χ1) is 8.80. The number of nitrogens with two attached hydrogens (primary N) is 1. The molecule has 0 spiro atoms. The van der Waals surface area contributed by atoms with Gasteiger partial charge >= 0.3 is 0 Å². The number of aromatic nitrogens is 1. The van der Waals surface area contributed by atoms with E-state index in [-0.39, 0.29) is 11.4 Å². The van der Waals surface area contributed by atoms with Gasteiger partial charge in [-0.3, -0.25) is 4.98 Å². The molecule has 106 valence electrons. The predicted octanol–water partition coefficient (Wildman–Crippen LogP) is 0.545. The SMILES string of the molecule is CC(C)CNC(N)=NCc1ncccc1S(C)(=O)=O. The molecule has 0 aromatic carbocycles. The Labute approximate surface area is 114 Å². The Hall–Kier alpha value is -1.63. The predicted molar refractivity (Wildman–Crippen MR) is 75.5 cm³/mol. The zero-order valence-electron chi connectivity index (χ0n) is 11.4. The molecule has 1 rings (SSSR count). The second kappa shape index (κ2) is 6.51. The van der Waals surface area contributed by atoms with E-state index < -0.39 is 9.84 Å². The Morgan fingerprint density at radius 1 is 1.53 bits per heavy atom. The van der Waals surface area contributed by atoms with Crippen LogP contribution in [0.15, 0.2) is 28.2 Å². The van der Waals surface area contributed by atoms with Gasteiger partial charge in [-0.25, -0.2) is 13.4 Å². The number of aliphatic imine (C=N–C) groups is 1. The molecule has 3 N–H and O–H groups in total. The van der Waals surface area contributed by atoms with Gasteiger partial charge in [0.2, 0.25) is 0 Å². The first-order valence-corrected chi connectivity index (χ1v) is 7.87. The number of rotatable bonds is 5. The van der Waals surface area contributed by atoms with Gasteiger partial charge in [-0.1, -0.05) is 13.8 Å². The van der Waals surface area contributed by atoms with Crippen molar-refractivity contribution < 1.29 is 8.42 Å². The highest BCUT2D eigenvalue weighted by atomic mass is 32.2. The maximum absolute atomic E-state index is 11.6. The van der Waals surface area contributed by atoms with Gasteiger partial charge in [-0.15, -0.1) is 0 Å². The quantitative estimate of drug-likeness (QED) is 0.607. The van der Waals surface area contributed by atoms with Crippen molar-refractivity contribution in [2.45, 2.75) is 25.3 Å². The van der Waals surface area contributed by atoms with Crippen LogP contribution in [0.4, 0.5) is 0 Å². The standard InChI is InChI=1S/C12H20N4O2S/c1-9(2)7-15-12(13)16-8-10-11(19(3,17)18)5-4-6-14-10/h4-6,9H,7-8H2,1-3H3,(H3,13,15,16). The molecule has 0 atom stereocenters. The number of nitrogens with one attached hydrogen (secondary N) is 1. The van der Waals surface area contributed by atoms with Crippen molar-refractivity contribution in [3.63, 3.8) is 0 Å². The van der Waals surface area contributed by atoms with Gasteiger partial charge in [0.25, 0.3) is 0 Å². The summed E-state index contributed by atoms with van der Waals surface area (Å²) in [6.45, 7) is 4.97. The maximum atomic E-state index is 11.6. The van der Waals surface area contributed by atoms with Gasteiger partial charge in [0, 0.05) is 19.0 Å². The molecule has 0 aliphatic carbocycles.